The van der Waals surface area contributed by atoms with Crippen molar-refractivity contribution < 1.29 is 9.47 Å². The summed E-state index contributed by atoms with van der Waals surface area (Å²) in [6.07, 6.45) is 1.67. The summed E-state index contributed by atoms with van der Waals surface area (Å²) in [5, 5.41) is 15.3. The van der Waals surface area contributed by atoms with Crippen LogP contribution in [0, 0.1) is 11.3 Å². The molecule has 0 saturated carbocycles. The molecular formula is C20H19N5O2. The Balaban J connectivity index is 1.68. The number of nitrogens with one attached hydrogen (secondary N) is 2. The largest absolute Gasteiger partial charge is 0.493 e. The SMILES string of the molecule is COc1ccc(CNc2ccnc(Nc3cccc(C#N)c3)n2)cc1OC. The van der Waals surface area contributed by atoms with Crippen molar-refractivity contribution in [2.75, 3.05) is 24.9 Å². The fourth-order valence-electron chi connectivity index (χ4n) is 2.50. The maximum absolute atomic E-state index is 8.98. The van der Waals surface area contributed by atoms with E-state index in [4.69, 9.17) is 14.7 Å². The van der Waals surface area contributed by atoms with Crippen LogP contribution in [0.1, 0.15) is 11.1 Å². The van der Waals surface area contributed by atoms with Crippen molar-refractivity contribution in [2.24, 2.45) is 0 Å². The molecule has 136 valence electrons. The minimum absolute atomic E-state index is 0.447. The molecule has 7 nitrogen and oxygen atoms in total. The zero-order valence-corrected chi connectivity index (χ0v) is 15.1. The summed E-state index contributed by atoms with van der Waals surface area (Å²) < 4.78 is 10.6. The average molecular weight is 361 g/mol. The van der Waals surface area contributed by atoms with Crippen molar-refractivity contribution in [3.8, 4) is 17.6 Å². The average Bonchev–Trinajstić information content (AvgIpc) is 2.72. The predicted octanol–water partition coefficient (Wildman–Crippen LogP) is 3.72. The molecule has 2 N–H and O–H groups in total. The molecular weight excluding hydrogens is 342 g/mol. The van der Waals surface area contributed by atoms with Crippen LogP contribution in [0.2, 0.25) is 0 Å². The maximum Gasteiger partial charge on any atom is 0.229 e. The van der Waals surface area contributed by atoms with E-state index in [9.17, 15) is 0 Å². The smallest absolute Gasteiger partial charge is 0.229 e. The minimum Gasteiger partial charge on any atom is -0.493 e. The normalized spacial score (nSPS) is 9.96. The van der Waals surface area contributed by atoms with Crippen LogP contribution < -0.4 is 20.1 Å². The molecule has 0 bridgehead atoms. The third kappa shape index (κ3) is 4.64. The van der Waals surface area contributed by atoms with Gasteiger partial charge in [-0.2, -0.15) is 10.2 Å². The number of hydrogen-bond acceptors (Lipinski definition) is 7. The van der Waals surface area contributed by atoms with Crippen LogP contribution in [0.15, 0.2) is 54.7 Å². The Labute approximate surface area is 157 Å². The number of benzene rings is 2. The van der Waals surface area contributed by atoms with Gasteiger partial charge in [-0.25, -0.2) is 4.98 Å². The predicted molar refractivity (Wildman–Crippen MR) is 103 cm³/mol. The van der Waals surface area contributed by atoms with Crippen molar-refractivity contribution >= 4 is 17.5 Å². The highest BCUT2D eigenvalue weighted by molar-refractivity contribution is 5.57. The Morgan fingerprint density at radius 3 is 2.67 bits per heavy atom. The summed E-state index contributed by atoms with van der Waals surface area (Å²) >= 11 is 0. The zero-order valence-electron chi connectivity index (χ0n) is 15.1. The van der Waals surface area contributed by atoms with Gasteiger partial charge in [0.1, 0.15) is 5.82 Å². The van der Waals surface area contributed by atoms with E-state index in [1.165, 1.54) is 0 Å². The van der Waals surface area contributed by atoms with Crippen LogP contribution >= 0.6 is 0 Å². The molecule has 0 aliphatic carbocycles. The van der Waals surface area contributed by atoms with Gasteiger partial charge in [-0.05, 0) is 42.0 Å². The molecule has 0 unspecified atom stereocenters. The molecule has 7 heteroatoms. The second kappa shape index (κ2) is 8.54. The van der Waals surface area contributed by atoms with Gasteiger partial charge in [0.25, 0.3) is 0 Å². The summed E-state index contributed by atoms with van der Waals surface area (Å²) in [7, 11) is 3.22. The fourth-order valence-corrected chi connectivity index (χ4v) is 2.50. The summed E-state index contributed by atoms with van der Waals surface area (Å²) in [4.78, 5) is 8.66. The molecule has 2 aromatic carbocycles. The van der Waals surface area contributed by atoms with Crippen LogP contribution in [0.4, 0.5) is 17.5 Å². The van der Waals surface area contributed by atoms with Gasteiger partial charge in [0.15, 0.2) is 11.5 Å². The molecule has 0 saturated heterocycles. The van der Waals surface area contributed by atoms with E-state index in [-0.39, 0.29) is 0 Å². The van der Waals surface area contributed by atoms with Gasteiger partial charge in [0.2, 0.25) is 5.95 Å². The molecule has 3 aromatic rings. The van der Waals surface area contributed by atoms with Crippen LogP contribution in [0.3, 0.4) is 0 Å². The van der Waals surface area contributed by atoms with Crippen molar-refractivity contribution in [2.45, 2.75) is 6.54 Å². The Kier molecular flexibility index (Phi) is 5.70. The lowest BCUT2D eigenvalue weighted by Crippen LogP contribution is -2.04. The lowest BCUT2D eigenvalue weighted by Gasteiger charge is -2.11. The fraction of sp³-hybridized carbons (Fsp3) is 0.150. The van der Waals surface area contributed by atoms with Crippen molar-refractivity contribution in [1.82, 2.24) is 9.97 Å². The van der Waals surface area contributed by atoms with Gasteiger partial charge in [-0.15, -0.1) is 0 Å². The van der Waals surface area contributed by atoms with E-state index in [0.29, 0.717) is 35.4 Å². The van der Waals surface area contributed by atoms with Crippen molar-refractivity contribution in [1.29, 1.82) is 5.26 Å². The Hall–Kier alpha value is -3.79. The molecule has 0 fully saturated rings. The number of anilines is 3. The molecule has 0 atom stereocenters. The first-order valence-corrected chi connectivity index (χ1v) is 8.27. The van der Waals surface area contributed by atoms with Gasteiger partial charge in [0.05, 0.1) is 25.9 Å². The van der Waals surface area contributed by atoms with E-state index in [1.807, 2.05) is 24.3 Å². The molecule has 0 aliphatic rings. The summed E-state index contributed by atoms with van der Waals surface area (Å²) in [5.74, 6) is 2.50. The third-order valence-corrected chi connectivity index (χ3v) is 3.82. The monoisotopic (exact) mass is 361 g/mol. The molecule has 27 heavy (non-hydrogen) atoms. The van der Waals surface area contributed by atoms with E-state index in [2.05, 4.69) is 26.7 Å². The van der Waals surface area contributed by atoms with Gasteiger partial charge in [-0.1, -0.05) is 12.1 Å². The summed E-state index contributed by atoms with van der Waals surface area (Å²) in [6, 6.07) is 16.8. The Bertz CT molecular complexity index is 969. The lowest BCUT2D eigenvalue weighted by molar-refractivity contribution is 0.354. The van der Waals surface area contributed by atoms with E-state index in [0.717, 1.165) is 11.3 Å². The first-order chi connectivity index (χ1) is 13.2. The number of ether oxygens (including phenoxy) is 2. The van der Waals surface area contributed by atoms with Gasteiger partial charge < -0.3 is 20.1 Å². The third-order valence-electron chi connectivity index (χ3n) is 3.82. The number of hydrogen-bond donors (Lipinski definition) is 2. The first-order valence-electron chi connectivity index (χ1n) is 8.27. The lowest BCUT2D eigenvalue weighted by atomic mass is 10.2. The van der Waals surface area contributed by atoms with Gasteiger partial charge in [-0.3, -0.25) is 0 Å². The highest BCUT2D eigenvalue weighted by atomic mass is 16.5. The Morgan fingerprint density at radius 2 is 1.89 bits per heavy atom. The van der Waals surface area contributed by atoms with Crippen LogP contribution in [0.5, 0.6) is 11.5 Å². The van der Waals surface area contributed by atoms with E-state index < -0.39 is 0 Å². The molecule has 0 amide bonds. The Morgan fingerprint density at radius 1 is 1.04 bits per heavy atom. The minimum atomic E-state index is 0.447. The zero-order chi connectivity index (χ0) is 19.1. The molecule has 0 aliphatic heterocycles. The summed E-state index contributed by atoms with van der Waals surface area (Å²) in [6.45, 7) is 0.570. The van der Waals surface area contributed by atoms with E-state index in [1.54, 1.807) is 44.7 Å². The van der Waals surface area contributed by atoms with E-state index >= 15 is 0 Å². The van der Waals surface area contributed by atoms with Crippen molar-refractivity contribution in [3.05, 3.63) is 65.9 Å². The number of nitrogens with zero attached hydrogens (tertiary/aromatic N) is 3. The summed E-state index contributed by atoms with van der Waals surface area (Å²) in [5.41, 5.74) is 2.36. The van der Waals surface area contributed by atoms with Gasteiger partial charge >= 0.3 is 0 Å². The molecule has 1 heterocycles. The van der Waals surface area contributed by atoms with Crippen LogP contribution in [-0.2, 0) is 6.54 Å². The second-order valence-electron chi connectivity index (χ2n) is 5.63. The maximum atomic E-state index is 8.98. The van der Waals surface area contributed by atoms with Crippen LogP contribution in [-0.4, -0.2) is 24.2 Å². The quantitative estimate of drug-likeness (QED) is 0.662. The number of methoxy groups -OCH3 is 2. The molecule has 0 radical (unpaired) electrons. The topological polar surface area (TPSA) is 92.1 Å². The molecule has 0 spiro atoms. The molecule has 1 aromatic heterocycles. The number of rotatable bonds is 7. The number of nitriles is 1. The highest BCUT2D eigenvalue weighted by Crippen LogP contribution is 2.27. The first kappa shape index (κ1) is 18.0. The standard InChI is InChI=1S/C20H19N5O2/c1-26-17-7-6-15(11-18(17)27-2)13-23-19-8-9-22-20(25-19)24-16-5-3-4-14(10-16)12-21/h3-11H,13H2,1-2H3,(H2,22,23,24,25). The van der Waals surface area contributed by atoms with Crippen LogP contribution in [0.25, 0.3) is 0 Å². The molecule has 3 rings (SSSR count). The second-order valence-corrected chi connectivity index (χ2v) is 5.63. The van der Waals surface area contributed by atoms with Gasteiger partial charge in [0, 0.05) is 18.4 Å². The van der Waals surface area contributed by atoms with Crippen molar-refractivity contribution in [3.63, 3.8) is 0 Å². The highest BCUT2D eigenvalue weighted by Gasteiger charge is 2.05. The number of aromatic nitrogens is 2.